The van der Waals surface area contributed by atoms with Gasteiger partial charge in [-0.15, -0.1) is 0 Å². The Labute approximate surface area is 150 Å². The second-order valence-electron chi connectivity index (χ2n) is 9.14. The zero-order chi connectivity index (χ0) is 17.1. The summed E-state index contributed by atoms with van der Waals surface area (Å²) in [7, 11) is 0. The highest BCUT2D eigenvalue weighted by atomic mass is 16.7. The van der Waals surface area contributed by atoms with Crippen LogP contribution in [0.5, 0.6) is 0 Å². The third kappa shape index (κ3) is 2.49. The summed E-state index contributed by atoms with van der Waals surface area (Å²) in [5, 5.41) is 0. The fourth-order valence-corrected chi connectivity index (χ4v) is 6.33. The van der Waals surface area contributed by atoms with Gasteiger partial charge < -0.3 is 9.47 Å². The van der Waals surface area contributed by atoms with Crippen LogP contribution in [-0.4, -0.2) is 24.8 Å². The van der Waals surface area contributed by atoms with Crippen LogP contribution in [0.2, 0.25) is 0 Å². The van der Waals surface area contributed by atoms with Crippen LogP contribution in [0.15, 0.2) is 22.8 Å². The van der Waals surface area contributed by atoms with Gasteiger partial charge in [0.2, 0.25) is 0 Å². The smallest absolute Gasteiger partial charge is 0.172 e. The summed E-state index contributed by atoms with van der Waals surface area (Å²) < 4.78 is 12.2. The Morgan fingerprint density at radius 3 is 2.76 bits per heavy atom. The SMILES string of the molecule is CC12CC=C3CC4=C(CCC3C1CCC2=O)CC1(CC4)OCCCO1. The largest absolute Gasteiger partial charge is 0.349 e. The van der Waals surface area contributed by atoms with Gasteiger partial charge in [0.25, 0.3) is 0 Å². The number of Topliss-reactive ketones (excluding diaryl/α,β-unsaturated/α-hetero) is 1. The van der Waals surface area contributed by atoms with Gasteiger partial charge in [-0.25, -0.2) is 0 Å². The van der Waals surface area contributed by atoms with Crippen LogP contribution in [-0.2, 0) is 14.3 Å². The molecule has 4 aliphatic carbocycles. The molecule has 3 nitrogen and oxygen atoms in total. The van der Waals surface area contributed by atoms with E-state index in [0.29, 0.717) is 17.6 Å². The lowest BCUT2D eigenvalue weighted by atomic mass is 9.63. The van der Waals surface area contributed by atoms with Gasteiger partial charge in [0.1, 0.15) is 5.78 Å². The van der Waals surface area contributed by atoms with E-state index in [-0.39, 0.29) is 11.2 Å². The molecule has 0 aromatic carbocycles. The van der Waals surface area contributed by atoms with Crippen LogP contribution in [0.25, 0.3) is 0 Å². The van der Waals surface area contributed by atoms with Crippen molar-refractivity contribution in [2.75, 3.05) is 13.2 Å². The minimum Gasteiger partial charge on any atom is -0.349 e. The maximum absolute atomic E-state index is 12.5. The number of fused-ring (bicyclic) bond motifs is 3. The van der Waals surface area contributed by atoms with E-state index in [1.165, 1.54) is 12.8 Å². The molecule has 136 valence electrons. The van der Waals surface area contributed by atoms with Crippen LogP contribution in [0.3, 0.4) is 0 Å². The number of rotatable bonds is 0. The normalized spacial score (nSPS) is 40.2. The molecule has 5 rings (SSSR count). The van der Waals surface area contributed by atoms with Crippen molar-refractivity contribution in [2.45, 2.75) is 76.9 Å². The lowest BCUT2D eigenvalue weighted by Crippen LogP contribution is -2.42. The minimum absolute atomic E-state index is 0.0736. The summed E-state index contributed by atoms with van der Waals surface area (Å²) in [4.78, 5) is 12.5. The molecule has 1 saturated heterocycles. The first-order valence-electron chi connectivity index (χ1n) is 10.3. The molecule has 0 N–H and O–H groups in total. The van der Waals surface area contributed by atoms with Crippen molar-refractivity contribution in [1.82, 2.24) is 0 Å². The lowest BCUT2D eigenvalue weighted by molar-refractivity contribution is -0.271. The molecule has 0 aromatic rings. The Morgan fingerprint density at radius 2 is 1.92 bits per heavy atom. The van der Waals surface area contributed by atoms with Gasteiger partial charge in [0.15, 0.2) is 5.79 Å². The molecule has 1 heterocycles. The third-order valence-electron chi connectivity index (χ3n) is 7.87. The maximum atomic E-state index is 12.5. The average molecular weight is 342 g/mol. The van der Waals surface area contributed by atoms with Gasteiger partial charge in [0.05, 0.1) is 13.2 Å². The van der Waals surface area contributed by atoms with Crippen molar-refractivity contribution in [3.63, 3.8) is 0 Å². The zero-order valence-corrected chi connectivity index (χ0v) is 15.4. The molecule has 1 spiro atoms. The maximum Gasteiger partial charge on any atom is 0.172 e. The molecule has 3 unspecified atom stereocenters. The first-order valence-corrected chi connectivity index (χ1v) is 10.3. The topological polar surface area (TPSA) is 35.5 Å². The average Bonchev–Trinajstić information content (AvgIpc) is 2.81. The fourth-order valence-electron chi connectivity index (χ4n) is 6.33. The van der Waals surface area contributed by atoms with E-state index < -0.39 is 0 Å². The van der Waals surface area contributed by atoms with Gasteiger partial charge in [-0.05, 0) is 56.8 Å². The van der Waals surface area contributed by atoms with E-state index in [1.54, 1.807) is 16.7 Å². The number of carbonyl (C=O) groups excluding carboxylic acids is 1. The van der Waals surface area contributed by atoms with Crippen LogP contribution in [0.1, 0.15) is 71.1 Å². The summed E-state index contributed by atoms with van der Waals surface area (Å²) in [5.41, 5.74) is 4.83. The van der Waals surface area contributed by atoms with Crippen molar-refractivity contribution in [3.05, 3.63) is 22.8 Å². The van der Waals surface area contributed by atoms with Crippen molar-refractivity contribution < 1.29 is 14.3 Å². The molecule has 0 bridgehead atoms. The number of ketones is 1. The van der Waals surface area contributed by atoms with Crippen molar-refractivity contribution >= 4 is 5.78 Å². The van der Waals surface area contributed by atoms with Crippen LogP contribution in [0, 0.1) is 17.3 Å². The second-order valence-corrected chi connectivity index (χ2v) is 9.14. The monoisotopic (exact) mass is 342 g/mol. The summed E-state index contributed by atoms with van der Waals surface area (Å²) in [6.07, 6.45) is 13.0. The van der Waals surface area contributed by atoms with Gasteiger partial charge in [0, 0.05) is 24.7 Å². The van der Waals surface area contributed by atoms with Crippen LogP contribution < -0.4 is 0 Å². The molecule has 5 aliphatic rings. The molecular weight excluding hydrogens is 312 g/mol. The van der Waals surface area contributed by atoms with Gasteiger partial charge >= 0.3 is 0 Å². The van der Waals surface area contributed by atoms with E-state index in [4.69, 9.17) is 9.47 Å². The minimum atomic E-state index is -0.321. The Balaban J connectivity index is 1.40. The summed E-state index contributed by atoms with van der Waals surface area (Å²) >= 11 is 0. The molecule has 3 heteroatoms. The van der Waals surface area contributed by atoms with Gasteiger partial charge in [-0.1, -0.05) is 29.7 Å². The lowest BCUT2D eigenvalue weighted by Gasteiger charge is -2.41. The highest BCUT2D eigenvalue weighted by Gasteiger charge is 2.52. The molecule has 3 atom stereocenters. The van der Waals surface area contributed by atoms with Crippen LogP contribution in [0.4, 0.5) is 0 Å². The van der Waals surface area contributed by atoms with Gasteiger partial charge in [-0.3, -0.25) is 4.79 Å². The van der Waals surface area contributed by atoms with E-state index >= 15 is 0 Å². The summed E-state index contributed by atoms with van der Waals surface area (Å²) in [6, 6.07) is 0. The number of hydrogen-bond donors (Lipinski definition) is 0. The van der Waals surface area contributed by atoms with E-state index in [2.05, 4.69) is 13.0 Å². The Morgan fingerprint density at radius 1 is 1.08 bits per heavy atom. The first-order chi connectivity index (χ1) is 12.1. The van der Waals surface area contributed by atoms with Crippen molar-refractivity contribution in [2.24, 2.45) is 17.3 Å². The molecular formula is C22H30O3. The molecule has 0 aromatic heterocycles. The Bertz CT molecular complexity index is 652. The second kappa shape index (κ2) is 5.79. The fraction of sp³-hybridized carbons (Fsp3) is 0.773. The molecule has 1 saturated carbocycles. The van der Waals surface area contributed by atoms with E-state index in [0.717, 1.165) is 64.6 Å². The number of hydrogen-bond acceptors (Lipinski definition) is 3. The number of carbonyl (C=O) groups is 1. The third-order valence-corrected chi connectivity index (χ3v) is 7.87. The van der Waals surface area contributed by atoms with Gasteiger partial charge in [-0.2, -0.15) is 0 Å². The first kappa shape index (κ1) is 16.3. The quantitative estimate of drug-likeness (QED) is 0.598. The van der Waals surface area contributed by atoms with Crippen molar-refractivity contribution in [1.29, 1.82) is 0 Å². The van der Waals surface area contributed by atoms with E-state index in [9.17, 15) is 4.79 Å². The standard InChI is InChI=1S/C22H30O3/c1-21-9-7-16-13-15-8-10-22(24-11-2-12-25-22)14-17(15)3-4-18(16)19(21)5-6-20(21)23/h7,18-19H,2-6,8-14H2,1H3. The highest BCUT2D eigenvalue weighted by Crippen LogP contribution is 2.56. The molecule has 2 fully saturated rings. The number of ether oxygens (including phenoxy) is 2. The predicted octanol–water partition coefficient (Wildman–Crippen LogP) is 4.72. The number of allylic oxidation sites excluding steroid dienone is 3. The zero-order valence-electron chi connectivity index (χ0n) is 15.4. The van der Waals surface area contributed by atoms with Crippen molar-refractivity contribution in [3.8, 4) is 0 Å². The Kier molecular flexibility index (Phi) is 3.76. The van der Waals surface area contributed by atoms with Crippen LogP contribution >= 0.6 is 0 Å². The highest BCUT2D eigenvalue weighted by molar-refractivity contribution is 5.87. The Hall–Kier alpha value is -0.930. The summed E-state index contributed by atoms with van der Waals surface area (Å²) in [6.45, 7) is 3.93. The molecule has 1 aliphatic heterocycles. The molecule has 25 heavy (non-hydrogen) atoms. The molecule has 0 radical (unpaired) electrons. The predicted molar refractivity (Wildman–Crippen MR) is 96.0 cm³/mol. The summed E-state index contributed by atoms with van der Waals surface area (Å²) in [5.74, 6) is 1.40. The van der Waals surface area contributed by atoms with E-state index in [1.807, 2.05) is 0 Å². The molecule has 0 amide bonds.